The smallest absolute Gasteiger partial charge is 0.0688 e. The maximum absolute atomic E-state index is 10.2. The van der Waals surface area contributed by atoms with Crippen LogP contribution in [0.3, 0.4) is 0 Å². The third kappa shape index (κ3) is 2.65. The number of aliphatic hydroxyl groups excluding tert-OH is 1. The van der Waals surface area contributed by atoms with Crippen molar-refractivity contribution in [3.8, 4) is 0 Å². The second-order valence-electron chi connectivity index (χ2n) is 4.35. The van der Waals surface area contributed by atoms with Gasteiger partial charge in [0.1, 0.15) is 0 Å². The van der Waals surface area contributed by atoms with E-state index in [1.807, 2.05) is 11.8 Å². The van der Waals surface area contributed by atoms with Gasteiger partial charge in [-0.3, -0.25) is 0 Å². The molecule has 3 heteroatoms. The zero-order valence-electron chi connectivity index (χ0n) is 8.65. The molecule has 14 heavy (non-hydrogen) atoms. The van der Waals surface area contributed by atoms with Gasteiger partial charge in [0.15, 0.2) is 0 Å². The van der Waals surface area contributed by atoms with Crippen LogP contribution in [0.15, 0.2) is 0 Å². The molecule has 0 aliphatic carbocycles. The summed E-state index contributed by atoms with van der Waals surface area (Å²) in [4.78, 5) is 0. The van der Waals surface area contributed by atoms with E-state index in [0.717, 1.165) is 26.1 Å². The lowest BCUT2D eigenvalue weighted by Gasteiger charge is -2.33. The molecule has 2 unspecified atom stereocenters. The molecular weight excluding hydrogens is 196 g/mol. The van der Waals surface area contributed by atoms with Crippen molar-refractivity contribution >= 4 is 11.8 Å². The minimum Gasteiger partial charge on any atom is -0.392 e. The largest absolute Gasteiger partial charge is 0.392 e. The van der Waals surface area contributed by atoms with Crippen molar-refractivity contribution < 1.29 is 9.84 Å². The summed E-state index contributed by atoms with van der Waals surface area (Å²) >= 11 is 1.97. The average Bonchev–Trinajstić information content (AvgIpc) is 2.30. The summed E-state index contributed by atoms with van der Waals surface area (Å²) in [6.45, 7) is 1.69. The molecule has 2 fully saturated rings. The Balaban J connectivity index is 1.82. The lowest BCUT2D eigenvalue weighted by molar-refractivity contribution is 0.00629. The Labute approximate surface area is 90.4 Å². The van der Waals surface area contributed by atoms with Crippen LogP contribution in [0.2, 0.25) is 0 Å². The highest BCUT2D eigenvalue weighted by Crippen LogP contribution is 2.33. The third-order valence-corrected chi connectivity index (χ3v) is 4.81. The maximum atomic E-state index is 10.2. The first-order chi connectivity index (χ1) is 6.88. The van der Waals surface area contributed by atoms with Gasteiger partial charge in [0, 0.05) is 18.5 Å². The summed E-state index contributed by atoms with van der Waals surface area (Å²) in [5.74, 6) is 1.74. The molecule has 2 rings (SSSR count). The Morgan fingerprint density at radius 3 is 2.57 bits per heavy atom. The van der Waals surface area contributed by atoms with E-state index in [2.05, 4.69) is 0 Å². The van der Waals surface area contributed by atoms with E-state index < -0.39 is 0 Å². The SMILES string of the molecule is OC(C1CCOCC1)C1CCCCS1. The lowest BCUT2D eigenvalue weighted by Crippen LogP contribution is -2.36. The number of aliphatic hydroxyl groups is 1. The van der Waals surface area contributed by atoms with E-state index in [-0.39, 0.29) is 6.10 Å². The molecule has 0 spiro atoms. The van der Waals surface area contributed by atoms with Crippen LogP contribution in [-0.2, 0) is 4.74 Å². The number of hydrogen-bond donors (Lipinski definition) is 1. The monoisotopic (exact) mass is 216 g/mol. The van der Waals surface area contributed by atoms with Gasteiger partial charge in [-0.2, -0.15) is 11.8 Å². The van der Waals surface area contributed by atoms with Gasteiger partial charge in [-0.05, 0) is 37.4 Å². The van der Waals surface area contributed by atoms with Crippen LogP contribution < -0.4 is 0 Å². The first-order valence-corrected chi connectivity index (χ1v) is 6.80. The lowest BCUT2D eigenvalue weighted by atomic mass is 9.90. The molecule has 0 saturated carbocycles. The van der Waals surface area contributed by atoms with E-state index in [1.165, 1.54) is 25.0 Å². The molecule has 2 atom stereocenters. The minimum atomic E-state index is -0.0794. The van der Waals surface area contributed by atoms with Crippen molar-refractivity contribution in [3.63, 3.8) is 0 Å². The fourth-order valence-electron chi connectivity index (χ4n) is 2.40. The van der Waals surface area contributed by atoms with E-state index in [1.54, 1.807) is 0 Å². The molecule has 2 nitrogen and oxygen atoms in total. The topological polar surface area (TPSA) is 29.5 Å². The normalized spacial score (nSPS) is 32.8. The Morgan fingerprint density at radius 1 is 1.14 bits per heavy atom. The van der Waals surface area contributed by atoms with Crippen LogP contribution in [0, 0.1) is 5.92 Å². The van der Waals surface area contributed by atoms with Crippen molar-refractivity contribution in [2.75, 3.05) is 19.0 Å². The summed E-state index contributed by atoms with van der Waals surface area (Å²) in [6, 6.07) is 0. The zero-order valence-corrected chi connectivity index (χ0v) is 9.47. The highest BCUT2D eigenvalue weighted by atomic mass is 32.2. The standard InChI is InChI=1S/C11H20O2S/c12-11(9-4-6-13-7-5-9)10-3-1-2-8-14-10/h9-12H,1-8H2. The van der Waals surface area contributed by atoms with E-state index in [4.69, 9.17) is 4.74 Å². The Morgan fingerprint density at radius 2 is 1.93 bits per heavy atom. The molecule has 2 aliphatic heterocycles. The summed E-state index contributed by atoms with van der Waals surface area (Å²) in [7, 11) is 0. The molecule has 2 aliphatic rings. The van der Waals surface area contributed by atoms with Gasteiger partial charge in [-0.25, -0.2) is 0 Å². The molecule has 0 aromatic carbocycles. The Kier molecular flexibility index (Phi) is 4.14. The fraction of sp³-hybridized carbons (Fsp3) is 1.00. The van der Waals surface area contributed by atoms with E-state index in [9.17, 15) is 5.11 Å². The van der Waals surface area contributed by atoms with Gasteiger partial charge < -0.3 is 9.84 Å². The highest BCUT2D eigenvalue weighted by Gasteiger charge is 2.30. The molecule has 2 saturated heterocycles. The quantitative estimate of drug-likeness (QED) is 0.766. The Hall–Kier alpha value is 0.270. The van der Waals surface area contributed by atoms with E-state index in [0.29, 0.717) is 11.2 Å². The minimum absolute atomic E-state index is 0.0794. The molecule has 1 N–H and O–H groups in total. The van der Waals surface area contributed by atoms with Crippen LogP contribution in [0.5, 0.6) is 0 Å². The molecule has 2 heterocycles. The summed E-state index contributed by atoms with van der Waals surface area (Å²) < 4.78 is 5.32. The van der Waals surface area contributed by atoms with Gasteiger partial charge in [0.05, 0.1) is 6.10 Å². The first-order valence-electron chi connectivity index (χ1n) is 5.75. The molecule has 0 aromatic rings. The van der Waals surface area contributed by atoms with Crippen molar-refractivity contribution in [1.82, 2.24) is 0 Å². The molecule has 0 bridgehead atoms. The second kappa shape index (κ2) is 5.38. The summed E-state index contributed by atoms with van der Waals surface area (Å²) in [6.07, 6.45) is 5.88. The van der Waals surface area contributed by atoms with Gasteiger partial charge in [-0.15, -0.1) is 0 Å². The van der Waals surface area contributed by atoms with Crippen LogP contribution in [0.4, 0.5) is 0 Å². The Bertz CT molecular complexity index is 145. The highest BCUT2D eigenvalue weighted by molar-refractivity contribution is 8.00. The molecule has 82 valence electrons. The van der Waals surface area contributed by atoms with Crippen molar-refractivity contribution in [2.45, 2.75) is 43.5 Å². The molecule has 0 aromatic heterocycles. The van der Waals surface area contributed by atoms with Crippen LogP contribution in [-0.4, -0.2) is 35.4 Å². The van der Waals surface area contributed by atoms with Crippen molar-refractivity contribution in [3.05, 3.63) is 0 Å². The zero-order chi connectivity index (χ0) is 9.80. The summed E-state index contributed by atoms with van der Waals surface area (Å²) in [5.41, 5.74) is 0. The van der Waals surface area contributed by atoms with E-state index >= 15 is 0 Å². The molecule has 0 radical (unpaired) electrons. The van der Waals surface area contributed by atoms with Gasteiger partial charge >= 0.3 is 0 Å². The first kappa shape index (κ1) is 10.8. The second-order valence-corrected chi connectivity index (χ2v) is 5.69. The average molecular weight is 216 g/mol. The van der Waals surface area contributed by atoms with Crippen LogP contribution in [0.25, 0.3) is 0 Å². The van der Waals surface area contributed by atoms with Gasteiger partial charge in [0.25, 0.3) is 0 Å². The third-order valence-electron chi connectivity index (χ3n) is 3.34. The maximum Gasteiger partial charge on any atom is 0.0688 e. The van der Waals surface area contributed by atoms with Crippen LogP contribution in [0.1, 0.15) is 32.1 Å². The number of thioether (sulfide) groups is 1. The molecular formula is C11H20O2S. The van der Waals surface area contributed by atoms with Gasteiger partial charge in [-0.1, -0.05) is 6.42 Å². The number of ether oxygens (including phenoxy) is 1. The predicted octanol–water partition coefficient (Wildman–Crippen LogP) is 2.06. The fourth-order valence-corrected chi connectivity index (χ4v) is 3.82. The van der Waals surface area contributed by atoms with Gasteiger partial charge in [0.2, 0.25) is 0 Å². The predicted molar refractivity (Wildman–Crippen MR) is 59.6 cm³/mol. The van der Waals surface area contributed by atoms with Crippen molar-refractivity contribution in [2.24, 2.45) is 5.92 Å². The van der Waals surface area contributed by atoms with Crippen molar-refractivity contribution in [1.29, 1.82) is 0 Å². The van der Waals surface area contributed by atoms with Crippen LogP contribution >= 0.6 is 11.8 Å². The molecule has 0 amide bonds. The summed E-state index contributed by atoms with van der Waals surface area (Å²) in [5, 5.41) is 10.7. The number of rotatable bonds is 2. The number of hydrogen-bond acceptors (Lipinski definition) is 3.